The van der Waals surface area contributed by atoms with Crippen LogP contribution in [0.3, 0.4) is 0 Å². The van der Waals surface area contributed by atoms with Gasteiger partial charge in [-0.2, -0.15) is 0 Å². The quantitative estimate of drug-likeness (QED) is 0.704. The molecule has 1 aromatic rings. The summed E-state index contributed by atoms with van der Waals surface area (Å²) in [6, 6.07) is 4.66. The number of hydrogen-bond donors (Lipinski definition) is 1. The molecule has 0 saturated heterocycles. The molecule has 0 bridgehead atoms. The van der Waals surface area contributed by atoms with E-state index in [-0.39, 0.29) is 5.91 Å². The average molecular weight is 363 g/mol. The lowest BCUT2D eigenvalue weighted by Gasteiger charge is -2.37. The molecule has 2 fully saturated rings. The smallest absolute Gasteiger partial charge is 0.261 e. The number of amides is 2. The van der Waals surface area contributed by atoms with Gasteiger partial charge in [0, 0.05) is 25.0 Å². The van der Waals surface area contributed by atoms with Gasteiger partial charge < -0.3 is 10.2 Å². The van der Waals surface area contributed by atoms with Gasteiger partial charge in [0.2, 0.25) is 5.91 Å². The zero-order valence-corrected chi connectivity index (χ0v) is 16.0. The third-order valence-electron chi connectivity index (χ3n) is 5.61. The molecular formula is C20H30N2O2S. The van der Waals surface area contributed by atoms with Crippen LogP contribution in [0.5, 0.6) is 0 Å². The van der Waals surface area contributed by atoms with Crippen LogP contribution in [-0.4, -0.2) is 35.3 Å². The first kappa shape index (κ1) is 18.4. The van der Waals surface area contributed by atoms with Gasteiger partial charge in [0.25, 0.3) is 5.91 Å². The summed E-state index contributed by atoms with van der Waals surface area (Å²) in [6.07, 6.45) is 9.80. The van der Waals surface area contributed by atoms with Crippen molar-refractivity contribution in [3.05, 3.63) is 22.4 Å². The van der Waals surface area contributed by atoms with Crippen molar-refractivity contribution in [3.63, 3.8) is 0 Å². The Morgan fingerprint density at radius 2 is 1.84 bits per heavy atom. The maximum absolute atomic E-state index is 12.8. The summed E-state index contributed by atoms with van der Waals surface area (Å²) >= 11 is 1.45. The lowest BCUT2D eigenvalue weighted by Crippen LogP contribution is -2.44. The molecule has 25 heavy (non-hydrogen) atoms. The summed E-state index contributed by atoms with van der Waals surface area (Å²) in [7, 11) is 0. The minimum atomic E-state index is -0.0283. The minimum absolute atomic E-state index is 0.0283. The van der Waals surface area contributed by atoms with Crippen molar-refractivity contribution in [1.29, 1.82) is 0 Å². The second-order valence-electron chi connectivity index (χ2n) is 7.45. The lowest BCUT2D eigenvalue weighted by molar-refractivity contribution is -0.135. The van der Waals surface area contributed by atoms with Crippen LogP contribution in [0.2, 0.25) is 0 Å². The van der Waals surface area contributed by atoms with Gasteiger partial charge in [-0.05, 0) is 62.3 Å². The van der Waals surface area contributed by atoms with Crippen molar-refractivity contribution >= 4 is 23.2 Å². The van der Waals surface area contributed by atoms with Crippen LogP contribution in [0.25, 0.3) is 0 Å². The Morgan fingerprint density at radius 3 is 2.40 bits per heavy atom. The Hall–Kier alpha value is -1.36. The van der Waals surface area contributed by atoms with E-state index < -0.39 is 0 Å². The standard InChI is InChI=1S/C20H30N2O2S/c1-2-15-7-9-16(10-8-15)22(17-11-12-17)19(23)6-3-13-21-20(24)18-5-4-14-25-18/h4-5,14-17H,2-3,6-13H2,1H3,(H,21,24). The number of nitrogens with one attached hydrogen (secondary N) is 1. The van der Waals surface area contributed by atoms with Crippen LogP contribution in [-0.2, 0) is 4.79 Å². The first-order valence-corrected chi connectivity index (χ1v) is 10.7. The summed E-state index contributed by atoms with van der Waals surface area (Å²) in [5.41, 5.74) is 0. The van der Waals surface area contributed by atoms with E-state index in [2.05, 4.69) is 17.1 Å². The molecule has 138 valence electrons. The van der Waals surface area contributed by atoms with E-state index in [9.17, 15) is 9.59 Å². The number of carbonyl (C=O) groups is 2. The highest BCUT2D eigenvalue weighted by atomic mass is 32.1. The number of nitrogens with zero attached hydrogens (tertiary/aromatic N) is 1. The van der Waals surface area contributed by atoms with Gasteiger partial charge in [0.1, 0.15) is 0 Å². The molecule has 0 radical (unpaired) electrons. The van der Waals surface area contributed by atoms with Crippen molar-refractivity contribution in [3.8, 4) is 0 Å². The zero-order chi connectivity index (χ0) is 17.6. The molecule has 2 amide bonds. The summed E-state index contributed by atoms with van der Waals surface area (Å²) < 4.78 is 0. The largest absolute Gasteiger partial charge is 0.351 e. The molecule has 0 atom stereocenters. The van der Waals surface area contributed by atoms with Crippen molar-refractivity contribution in [2.45, 2.75) is 76.8 Å². The van der Waals surface area contributed by atoms with E-state index in [0.717, 1.165) is 17.2 Å². The Labute approximate surface area is 155 Å². The monoisotopic (exact) mass is 362 g/mol. The molecule has 3 rings (SSSR count). The summed E-state index contributed by atoms with van der Waals surface area (Å²) in [4.78, 5) is 27.6. The summed E-state index contributed by atoms with van der Waals surface area (Å²) in [5.74, 6) is 1.13. The Bertz CT molecular complexity index is 560. The van der Waals surface area contributed by atoms with Gasteiger partial charge in [0.05, 0.1) is 4.88 Å². The van der Waals surface area contributed by atoms with Crippen molar-refractivity contribution in [2.75, 3.05) is 6.54 Å². The summed E-state index contributed by atoms with van der Waals surface area (Å²) in [5, 5.41) is 4.82. The molecule has 0 aliphatic heterocycles. The third kappa shape index (κ3) is 5.06. The van der Waals surface area contributed by atoms with Crippen LogP contribution in [0.4, 0.5) is 0 Å². The van der Waals surface area contributed by atoms with Crippen molar-refractivity contribution < 1.29 is 9.59 Å². The van der Waals surface area contributed by atoms with Crippen molar-refractivity contribution in [1.82, 2.24) is 10.2 Å². The van der Waals surface area contributed by atoms with E-state index >= 15 is 0 Å². The molecule has 0 aromatic carbocycles. The van der Waals surface area contributed by atoms with E-state index in [0.29, 0.717) is 31.0 Å². The predicted octanol–water partition coefficient (Wildman–Crippen LogP) is 4.22. The van der Waals surface area contributed by atoms with E-state index in [1.807, 2.05) is 17.5 Å². The second-order valence-corrected chi connectivity index (χ2v) is 8.40. The van der Waals surface area contributed by atoms with Crippen LogP contribution < -0.4 is 5.32 Å². The lowest BCUT2D eigenvalue weighted by atomic mass is 9.83. The number of rotatable bonds is 8. The first-order valence-electron chi connectivity index (χ1n) is 9.82. The first-order chi connectivity index (χ1) is 12.2. The molecule has 5 heteroatoms. The molecular weight excluding hydrogens is 332 g/mol. The fourth-order valence-electron chi connectivity index (χ4n) is 3.95. The highest BCUT2D eigenvalue weighted by Gasteiger charge is 2.38. The third-order valence-corrected chi connectivity index (χ3v) is 6.48. The predicted molar refractivity (Wildman–Crippen MR) is 102 cm³/mol. The van der Waals surface area contributed by atoms with Gasteiger partial charge in [-0.25, -0.2) is 0 Å². The van der Waals surface area contributed by atoms with Crippen LogP contribution in [0.1, 0.15) is 74.4 Å². The molecule has 2 saturated carbocycles. The molecule has 1 N–H and O–H groups in total. The maximum Gasteiger partial charge on any atom is 0.261 e. The van der Waals surface area contributed by atoms with Crippen LogP contribution >= 0.6 is 11.3 Å². The normalized spacial score (nSPS) is 23.2. The molecule has 4 nitrogen and oxygen atoms in total. The van der Waals surface area contributed by atoms with Gasteiger partial charge in [-0.15, -0.1) is 11.3 Å². The van der Waals surface area contributed by atoms with Crippen LogP contribution in [0.15, 0.2) is 17.5 Å². The minimum Gasteiger partial charge on any atom is -0.351 e. The van der Waals surface area contributed by atoms with E-state index in [1.54, 1.807) is 0 Å². The fraction of sp³-hybridized carbons (Fsp3) is 0.700. The van der Waals surface area contributed by atoms with Gasteiger partial charge in [0.15, 0.2) is 0 Å². The summed E-state index contributed by atoms with van der Waals surface area (Å²) in [6.45, 7) is 2.85. The maximum atomic E-state index is 12.8. The number of thiophene rings is 1. The highest BCUT2D eigenvalue weighted by Crippen LogP contribution is 2.36. The topological polar surface area (TPSA) is 49.4 Å². The SMILES string of the molecule is CCC1CCC(N(C(=O)CCCNC(=O)c2cccs2)C2CC2)CC1. The molecule has 1 heterocycles. The van der Waals surface area contributed by atoms with Gasteiger partial charge in [-0.3, -0.25) is 9.59 Å². The van der Waals surface area contributed by atoms with E-state index in [1.165, 1.54) is 56.3 Å². The average Bonchev–Trinajstić information content (AvgIpc) is 3.30. The Morgan fingerprint density at radius 1 is 1.16 bits per heavy atom. The fourth-order valence-corrected chi connectivity index (χ4v) is 4.59. The van der Waals surface area contributed by atoms with Gasteiger partial charge in [-0.1, -0.05) is 19.4 Å². The number of carbonyl (C=O) groups excluding carboxylic acids is 2. The number of hydrogen-bond acceptors (Lipinski definition) is 3. The second kappa shape index (κ2) is 8.84. The molecule has 1 aromatic heterocycles. The molecule has 0 spiro atoms. The zero-order valence-electron chi connectivity index (χ0n) is 15.2. The Kier molecular flexibility index (Phi) is 6.51. The van der Waals surface area contributed by atoms with Crippen LogP contribution in [0, 0.1) is 5.92 Å². The van der Waals surface area contributed by atoms with E-state index in [4.69, 9.17) is 0 Å². The van der Waals surface area contributed by atoms with Crippen molar-refractivity contribution in [2.24, 2.45) is 5.92 Å². The highest BCUT2D eigenvalue weighted by molar-refractivity contribution is 7.12. The molecule has 2 aliphatic carbocycles. The molecule has 0 unspecified atom stereocenters. The molecule has 2 aliphatic rings. The Balaban J connectivity index is 1.41. The van der Waals surface area contributed by atoms with Gasteiger partial charge >= 0.3 is 0 Å².